The summed E-state index contributed by atoms with van der Waals surface area (Å²) >= 11 is 0. The van der Waals surface area contributed by atoms with Gasteiger partial charge in [-0.3, -0.25) is 0 Å². The lowest BCUT2D eigenvalue weighted by atomic mass is 10.2. The molecule has 0 fully saturated rings. The maximum Gasteiger partial charge on any atom is 0.416 e. The highest BCUT2D eigenvalue weighted by atomic mass is 19.4. The van der Waals surface area contributed by atoms with Gasteiger partial charge in [0, 0.05) is 26.4 Å². The summed E-state index contributed by atoms with van der Waals surface area (Å²) in [6.45, 7) is 1.65. The Morgan fingerprint density at radius 3 is 2.21 bits per heavy atom. The van der Waals surface area contributed by atoms with Gasteiger partial charge in [0.05, 0.1) is 0 Å². The number of hydrogen-bond donors (Lipinski definition) is 1. The van der Waals surface area contributed by atoms with Crippen molar-refractivity contribution in [1.29, 1.82) is 0 Å². The number of rotatable bonds is 6. The van der Waals surface area contributed by atoms with Crippen molar-refractivity contribution in [1.82, 2.24) is 0 Å². The third-order valence-corrected chi connectivity index (χ3v) is 1.59. The van der Waals surface area contributed by atoms with Crippen molar-refractivity contribution in [2.45, 2.75) is 31.7 Å². The van der Waals surface area contributed by atoms with Crippen LogP contribution in [0.1, 0.15) is 13.3 Å². The molecule has 3 nitrogen and oxygen atoms in total. The van der Waals surface area contributed by atoms with Crippen LogP contribution in [0.4, 0.5) is 13.2 Å². The maximum absolute atomic E-state index is 12.2. The van der Waals surface area contributed by atoms with E-state index in [2.05, 4.69) is 9.47 Å². The fourth-order valence-corrected chi connectivity index (χ4v) is 0.958. The molecule has 0 aliphatic rings. The highest BCUT2D eigenvalue weighted by Gasteiger charge is 2.42. The second kappa shape index (κ2) is 6.21. The zero-order valence-corrected chi connectivity index (χ0v) is 8.30. The number of hydrogen-bond acceptors (Lipinski definition) is 3. The highest BCUT2D eigenvalue weighted by Crippen LogP contribution is 2.24. The van der Waals surface area contributed by atoms with E-state index < -0.39 is 18.3 Å². The minimum atomic E-state index is -4.40. The minimum Gasteiger partial charge on any atom is -0.385 e. The molecule has 0 heterocycles. The lowest BCUT2D eigenvalue weighted by Gasteiger charge is -2.23. The van der Waals surface area contributed by atoms with Gasteiger partial charge in [-0.05, 0) is 13.3 Å². The Labute approximate surface area is 81.4 Å². The monoisotopic (exact) mass is 215 g/mol. The summed E-state index contributed by atoms with van der Waals surface area (Å²) in [5.41, 5.74) is 5.16. The first-order valence-electron chi connectivity index (χ1n) is 4.32. The molecule has 0 aliphatic carbocycles. The second-order valence-electron chi connectivity index (χ2n) is 3.04. The Kier molecular flexibility index (Phi) is 6.06. The Hall–Kier alpha value is -0.330. The van der Waals surface area contributed by atoms with E-state index in [0.29, 0.717) is 13.0 Å². The van der Waals surface area contributed by atoms with Crippen molar-refractivity contribution in [2.24, 2.45) is 5.73 Å². The van der Waals surface area contributed by atoms with E-state index >= 15 is 0 Å². The van der Waals surface area contributed by atoms with Crippen LogP contribution in [0, 0.1) is 0 Å². The Bertz CT molecular complexity index is 150. The summed E-state index contributed by atoms with van der Waals surface area (Å²) in [7, 11) is 1.48. The molecule has 0 aromatic heterocycles. The third kappa shape index (κ3) is 5.41. The van der Waals surface area contributed by atoms with Gasteiger partial charge in [0.25, 0.3) is 0 Å². The molecule has 0 saturated carbocycles. The van der Waals surface area contributed by atoms with Gasteiger partial charge in [-0.2, -0.15) is 13.2 Å². The first-order valence-corrected chi connectivity index (χ1v) is 4.32. The van der Waals surface area contributed by atoms with E-state index in [1.54, 1.807) is 0 Å². The van der Waals surface area contributed by atoms with Crippen LogP contribution in [0.5, 0.6) is 0 Å². The first kappa shape index (κ1) is 13.7. The molecule has 0 saturated heterocycles. The van der Waals surface area contributed by atoms with Gasteiger partial charge < -0.3 is 15.2 Å². The quantitative estimate of drug-likeness (QED) is 0.679. The molecule has 2 N–H and O–H groups in total. The van der Waals surface area contributed by atoms with Crippen LogP contribution in [0.15, 0.2) is 0 Å². The fraction of sp³-hybridized carbons (Fsp3) is 1.00. The SMILES string of the molecule is COCCCOC(C(C)N)C(F)(F)F. The molecule has 0 aliphatic heterocycles. The van der Waals surface area contributed by atoms with E-state index in [1.165, 1.54) is 14.0 Å². The third-order valence-electron chi connectivity index (χ3n) is 1.59. The van der Waals surface area contributed by atoms with Crippen molar-refractivity contribution in [3.63, 3.8) is 0 Å². The van der Waals surface area contributed by atoms with Crippen molar-refractivity contribution < 1.29 is 22.6 Å². The number of halogens is 3. The lowest BCUT2D eigenvalue weighted by molar-refractivity contribution is -0.225. The molecule has 6 heteroatoms. The van der Waals surface area contributed by atoms with E-state index in [9.17, 15) is 13.2 Å². The van der Waals surface area contributed by atoms with E-state index in [0.717, 1.165) is 0 Å². The van der Waals surface area contributed by atoms with E-state index in [1.807, 2.05) is 0 Å². The molecule has 86 valence electrons. The highest BCUT2D eigenvalue weighted by molar-refractivity contribution is 4.76. The molecule has 0 rings (SSSR count). The van der Waals surface area contributed by atoms with Crippen molar-refractivity contribution in [2.75, 3.05) is 20.3 Å². The van der Waals surface area contributed by atoms with Gasteiger partial charge in [0.1, 0.15) is 0 Å². The van der Waals surface area contributed by atoms with Crippen LogP contribution in [0.25, 0.3) is 0 Å². The molecule has 0 aromatic rings. The van der Waals surface area contributed by atoms with Gasteiger partial charge in [0.15, 0.2) is 6.10 Å². The van der Waals surface area contributed by atoms with Crippen molar-refractivity contribution >= 4 is 0 Å². The summed E-state index contributed by atoms with van der Waals surface area (Å²) in [5, 5.41) is 0. The van der Waals surface area contributed by atoms with Gasteiger partial charge in [0.2, 0.25) is 0 Å². The van der Waals surface area contributed by atoms with Gasteiger partial charge >= 0.3 is 6.18 Å². The standard InChI is InChI=1S/C8H16F3NO2/c1-6(12)7(8(9,10)11)14-5-3-4-13-2/h6-7H,3-5,12H2,1-2H3. The smallest absolute Gasteiger partial charge is 0.385 e. The fourth-order valence-electron chi connectivity index (χ4n) is 0.958. The van der Waals surface area contributed by atoms with Gasteiger partial charge in [-0.15, -0.1) is 0 Å². The average molecular weight is 215 g/mol. The molecular weight excluding hydrogens is 199 g/mol. The molecule has 14 heavy (non-hydrogen) atoms. The van der Waals surface area contributed by atoms with E-state index in [4.69, 9.17) is 5.73 Å². The summed E-state index contributed by atoms with van der Waals surface area (Å²) in [4.78, 5) is 0. The Balaban J connectivity index is 3.87. The van der Waals surface area contributed by atoms with Crippen LogP contribution in [0.3, 0.4) is 0 Å². The summed E-state index contributed by atoms with van der Waals surface area (Å²) in [5.74, 6) is 0. The van der Waals surface area contributed by atoms with Crippen LogP contribution in [0.2, 0.25) is 0 Å². The van der Waals surface area contributed by atoms with Crippen molar-refractivity contribution in [3.8, 4) is 0 Å². The van der Waals surface area contributed by atoms with Crippen LogP contribution in [-0.4, -0.2) is 38.6 Å². The summed E-state index contributed by atoms with van der Waals surface area (Å²) in [6.07, 6.45) is -5.86. The molecule has 2 atom stereocenters. The molecule has 0 spiro atoms. The zero-order valence-electron chi connectivity index (χ0n) is 8.30. The predicted octanol–water partition coefficient (Wildman–Crippen LogP) is 1.32. The Morgan fingerprint density at radius 1 is 1.29 bits per heavy atom. The molecule has 0 amide bonds. The molecule has 0 aromatic carbocycles. The second-order valence-corrected chi connectivity index (χ2v) is 3.04. The molecule has 0 bridgehead atoms. The number of nitrogens with two attached hydrogens (primary N) is 1. The predicted molar refractivity (Wildman–Crippen MR) is 45.9 cm³/mol. The number of alkyl halides is 3. The Morgan fingerprint density at radius 2 is 1.86 bits per heavy atom. The number of methoxy groups -OCH3 is 1. The zero-order chi connectivity index (χ0) is 11.2. The van der Waals surface area contributed by atoms with Crippen LogP contribution in [-0.2, 0) is 9.47 Å². The van der Waals surface area contributed by atoms with Crippen LogP contribution < -0.4 is 5.73 Å². The largest absolute Gasteiger partial charge is 0.416 e. The molecule has 2 unspecified atom stereocenters. The normalized spacial score (nSPS) is 16.7. The molecular formula is C8H16F3NO2. The van der Waals surface area contributed by atoms with Crippen molar-refractivity contribution in [3.05, 3.63) is 0 Å². The topological polar surface area (TPSA) is 44.5 Å². The van der Waals surface area contributed by atoms with Gasteiger partial charge in [-0.1, -0.05) is 0 Å². The van der Waals surface area contributed by atoms with Crippen LogP contribution >= 0.6 is 0 Å². The van der Waals surface area contributed by atoms with E-state index in [-0.39, 0.29) is 6.61 Å². The maximum atomic E-state index is 12.2. The summed E-state index contributed by atoms with van der Waals surface area (Å²) < 4.78 is 46.0. The number of ether oxygens (including phenoxy) is 2. The molecule has 0 radical (unpaired) electrons. The average Bonchev–Trinajstić information content (AvgIpc) is 2.01. The minimum absolute atomic E-state index is 0.000440. The first-order chi connectivity index (χ1) is 6.39. The lowest BCUT2D eigenvalue weighted by Crippen LogP contribution is -2.45. The van der Waals surface area contributed by atoms with Gasteiger partial charge in [-0.25, -0.2) is 0 Å². The summed E-state index contributed by atoms with van der Waals surface area (Å²) in [6, 6.07) is -1.06.